The molecule has 0 fully saturated rings. The zero-order valence-corrected chi connectivity index (χ0v) is 8.45. The van der Waals surface area contributed by atoms with E-state index in [4.69, 9.17) is 0 Å². The maximum atomic E-state index is 11.0. The van der Waals surface area contributed by atoms with Crippen molar-refractivity contribution in [3.8, 4) is 0 Å². The molecule has 1 aromatic heterocycles. The predicted molar refractivity (Wildman–Crippen MR) is 51.4 cm³/mol. The van der Waals surface area contributed by atoms with Gasteiger partial charge in [-0.3, -0.25) is 9.48 Å². The van der Waals surface area contributed by atoms with Crippen LogP contribution in [-0.4, -0.2) is 15.6 Å². The molecule has 13 heavy (non-hydrogen) atoms. The lowest BCUT2D eigenvalue weighted by Gasteiger charge is -2.06. The fourth-order valence-corrected chi connectivity index (χ4v) is 1.21. The largest absolute Gasteiger partial charge is 0.300 e. The molecule has 1 atom stereocenters. The average Bonchev–Trinajstić information content (AvgIpc) is 2.47. The van der Waals surface area contributed by atoms with Crippen molar-refractivity contribution in [2.24, 2.45) is 13.0 Å². The Morgan fingerprint density at radius 2 is 2.38 bits per heavy atom. The van der Waals surface area contributed by atoms with Crippen LogP contribution in [0.1, 0.15) is 26.0 Å². The third kappa shape index (κ3) is 2.68. The van der Waals surface area contributed by atoms with E-state index >= 15 is 0 Å². The highest BCUT2D eigenvalue weighted by molar-refractivity contribution is 5.77. The van der Waals surface area contributed by atoms with Crippen LogP contribution in [0.5, 0.6) is 0 Å². The molecule has 3 nitrogen and oxygen atoms in total. The molecule has 1 aromatic rings. The smallest absolute Gasteiger partial charge is 0.132 e. The first-order valence-corrected chi connectivity index (χ1v) is 4.58. The van der Waals surface area contributed by atoms with Gasteiger partial charge in [0.05, 0.1) is 0 Å². The summed E-state index contributed by atoms with van der Waals surface area (Å²) < 4.78 is 1.85. The van der Waals surface area contributed by atoms with E-state index in [2.05, 4.69) is 5.10 Å². The molecule has 0 aliphatic rings. The van der Waals surface area contributed by atoms with Gasteiger partial charge in [0.25, 0.3) is 0 Å². The molecule has 3 heteroatoms. The van der Waals surface area contributed by atoms with Crippen molar-refractivity contribution in [2.75, 3.05) is 0 Å². The molecule has 0 N–H and O–H groups in total. The Kier molecular flexibility index (Phi) is 3.23. The number of hydrogen-bond donors (Lipinski definition) is 0. The summed E-state index contributed by atoms with van der Waals surface area (Å²) >= 11 is 0. The van der Waals surface area contributed by atoms with E-state index in [-0.39, 0.29) is 11.7 Å². The summed E-state index contributed by atoms with van der Waals surface area (Å²) in [5, 5.41) is 4.07. The average molecular weight is 180 g/mol. The molecule has 0 spiro atoms. The summed E-state index contributed by atoms with van der Waals surface area (Å²) in [5.41, 5.74) is 1.19. The van der Waals surface area contributed by atoms with E-state index in [0.717, 1.165) is 12.8 Å². The molecule has 1 unspecified atom stereocenters. The van der Waals surface area contributed by atoms with Gasteiger partial charge in [0.15, 0.2) is 0 Å². The zero-order valence-electron chi connectivity index (χ0n) is 8.45. The van der Waals surface area contributed by atoms with E-state index < -0.39 is 0 Å². The molecule has 0 radical (unpaired) electrons. The molecule has 0 saturated carbocycles. The standard InChI is InChI=1S/C10H16N2O/c1-8(9(2)13)4-5-10-6-7-11-12(10)3/h6-8H,4-5H2,1-3H3. The SMILES string of the molecule is CC(=O)C(C)CCc1ccnn1C. The van der Waals surface area contributed by atoms with Gasteiger partial charge in [0.2, 0.25) is 0 Å². The van der Waals surface area contributed by atoms with Crippen molar-refractivity contribution in [2.45, 2.75) is 26.7 Å². The van der Waals surface area contributed by atoms with Crippen LogP contribution in [0, 0.1) is 5.92 Å². The van der Waals surface area contributed by atoms with Crippen LogP contribution in [0.4, 0.5) is 0 Å². The van der Waals surface area contributed by atoms with Gasteiger partial charge in [0, 0.05) is 24.9 Å². The normalized spacial score (nSPS) is 12.8. The number of carbonyl (C=O) groups is 1. The molecule has 0 saturated heterocycles. The van der Waals surface area contributed by atoms with Crippen LogP contribution in [-0.2, 0) is 18.3 Å². The number of nitrogens with zero attached hydrogens (tertiary/aromatic N) is 2. The van der Waals surface area contributed by atoms with E-state index in [0.29, 0.717) is 0 Å². The lowest BCUT2D eigenvalue weighted by atomic mass is 10.0. The molecular formula is C10H16N2O. The van der Waals surface area contributed by atoms with Crippen molar-refractivity contribution in [1.29, 1.82) is 0 Å². The number of ketones is 1. The minimum Gasteiger partial charge on any atom is -0.300 e. The van der Waals surface area contributed by atoms with Gasteiger partial charge in [0.1, 0.15) is 5.78 Å². The van der Waals surface area contributed by atoms with Crippen molar-refractivity contribution in [1.82, 2.24) is 9.78 Å². The number of aryl methyl sites for hydroxylation is 2. The molecule has 1 rings (SSSR count). The van der Waals surface area contributed by atoms with E-state index in [9.17, 15) is 4.79 Å². The van der Waals surface area contributed by atoms with Gasteiger partial charge < -0.3 is 0 Å². The third-order valence-corrected chi connectivity index (χ3v) is 2.45. The van der Waals surface area contributed by atoms with Crippen molar-refractivity contribution in [3.05, 3.63) is 18.0 Å². The van der Waals surface area contributed by atoms with Crippen molar-refractivity contribution in [3.63, 3.8) is 0 Å². The molecule has 0 aliphatic heterocycles. The van der Waals surface area contributed by atoms with Crippen molar-refractivity contribution >= 4 is 5.78 Å². The molecular weight excluding hydrogens is 164 g/mol. The third-order valence-electron chi connectivity index (χ3n) is 2.45. The molecule has 72 valence electrons. The van der Waals surface area contributed by atoms with Gasteiger partial charge in [-0.1, -0.05) is 6.92 Å². The first kappa shape index (κ1) is 9.96. The van der Waals surface area contributed by atoms with Gasteiger partial charge in [-0.2, -0.15) is 5.10 Å². The van der Waals surface area contributed by atoms with E-state index in [1.165, 1.54) is 5.69 Å². The summed E-state index contributed by atoms with van der Waals surface area (Å²) in [4.78, 5) is 11.0. The first-order valence-electron chi connectivity index (χ1n) is 4.58. The second-order valence-electron chi connectivity index (χ2n) is 3.50. The summed E-state index contributed by atoms with van der Waals surface area (Å²) in [6.07, 6.45) is 3.62. The van der Waals surface area contributed by atoms with E-state index in [1.807, 2.05) is 24.7 Å². The van der Waals surface area contributed by atoms with Crippen LogP contribution in [0.3, 0.4) is 0 Å². The minimum absolute atomic E-state index is 0.162. The quantitative estimate of drug-likeness (QED) is 0.705. The lowest BCUT2D eigenvalue weighted by molar-refractivity contribution is -0.120. The summed E-state index contributed by atoms with van der Waals surface area (Å²) in [6, 6.07) is 1.99. The zero-order chi connectivity index (χ0) is 9.84. The Labute approximate surface area is 78.8 Å². The number of rotatable bonds is 4. The van der Waals surface area contributed by atoms with Crippen LogP contribution >= 0.6 is 0 Å². The van der Waals surface area contributed by atoms with Crippen LogP contribution in [0.25, 0.3) is 0 Å². The van der Waals surface area contributed by atoms with Crippen LogP contribution in [0.15, 0.2) is 12.3 Å². The predicted octanol–water partition coefficient (Wildman–Crippen LogP) is 1.58. The second-order valence-corrected chi connectivity index (χ2v) is 3.50. The fourth-order valence-electron chi connectivity index (χ4n) is 1.21. The first-order chi connectivity index (χ1) is 6.11. The topological polar surface area (TPSA) is 34.9 Å². The van der Waals surface area contributed by atoms with Crippen LogP contribution < -0.4 is 0 Å². The Balaban J connectivity index is 2.44. The molecule has 0 bridgehead atoms. The number of carbonyl (C=O) groups excluding carboxylic acids is 1. The Morgan fingerprint density at radius 1 is 1.69 bits per heavy atom. The van der Waals surface area contributed by atoms with Gasteiger partial charge in [-0.25, -0.2) is 0 Å². The Bertz CT molecular complexity index is 291. The Morgan fingerprint density at radius 3 is 2.85 bits per heavy atom. The highest BCUT2D eigenvalue weighted by Crippen LogP contribution is 2.09. The maximum absolute atomic E-state index is 11.0. The second kappa shape index (κ2) is 4.21. The van der Waals surface area contributed by atoms with Gasteiger partial charge >= 0.3 is 0 Å². The summed E-state index contributed by atoms with van der Waals surface area (Å²) in [5.74, 6) is 0.428. The summed E-state index contributed by atoms with van der Waals surface area (Å²) in [6.45, 7) is 3.62. The number of aromatic nitrogens is 2. The van der Waals surface area contributed by atoms with E-state index in [1.54, 1.807) is 13.1 Å². The van der Waals surface area contributed by atoms with Crippen LogP contribution in [0.2, 0.25) is 0 Å². The highest BCUT2D eigenvalue weighted by atomic mass is 16.1. The van der Waals surface area contributed by atoms with Crippen molar-refractivity contribution < 1.29 is 4.79 Å². The Hall–Kier alpha value is -1.12. The van der Waals surface area contributed by atoms with Gasteiger partial charge in [-0.15, -0.1) is 0 Å². The summed E-state index contributed by atoms with van der Waals surface area (Å²) in [7, 11) is 1.92. The molecule has 0 aliphatic carbocycles. The number of Topliss-reactive ketones (excluding diaryl/α,β-unsaturated/α-hetero) is 1. The minimum atomic E-state index is 0.162. The lowest BCUT2D eigenvalue weighted by Crippen LogP contribution is -2.08. The van der Waals surface area contributed by atoms with Gasteiger partial charge in [-0.05, 0) is 25.8 Å². The monoisotopic (exact) mass is 180 g/mol. The molecule has 0 aromatic carbocycles. The number of hydrogen-bond acceptors (Lipinski definition) is 2. The molecule has 1 heterocycles. The highest BCUT2D eigenvalue weighted by Gasteiger charge is 2.08. The maximum Gasteiger partial charge on any atom is 0.132 e. The molecule has 0 amide bonds. The fraction of sp³-hybridized carbons (Fsp3) is 0.600.